The topological polar surface area (TPSA) is 62.6 Å². The zero-order chi connectivity index (χ0) is 17.1. The lowest BCUT2D eigenvalue weighted by Crippen LogP contribution is -2.46. The van der Waals surface area contributed by atoms with Crippen molar-refractivity contribution >= 4 is 11.8 Å². The largest absolute Gasteiger partial charge is 0.472 e. The second kappa shape index (κ2) is 6.91. The first-order valence-corrected chi connectivity index (χ1v) is 8.27. The first-order chi connectivity index (χ1) is 11.6. The second-order valence-electron chi connectivity index (χ2n) is 6.25. The van der Waals surface area contributed by atoms with Crippen molar-refractivity contribution in [2.24, 2.45) is 0 Å². The summed E-state index contributed by atoms with van der Waals surface area (Å²) < 4.78 is 4.91. The summed E-state index contributed by atoms with van der Waals surface area (Å²) in [5.41, 5.74) is 2.81. The van der Waals surface area contributed by atoms with Crippen molar-refractivity contribution in [3.63, 3.8) is 0 Å². The third-order valence-electron chi connectivity index (χ3n) is 4.58. The van der Waals surface area contributed by atoms with Gasteiger partial charge in [0.05, 0.1) is 17.9 Å². The Morgan fingerprint density at radius 2 is 2.08 bits per heavy atom. The van der Waals surface area contributed by atoms with Gasteiger partial charge in [-0.05, 0) is 43.9 Å². The molecule has 1 aromatic heterocycles. The van der Waals surface area contributed by atoms with Gasteiger partial charge in [-0.15, -0.1) is 0 Å². The van der Waals surface area contributed by atoms with Crippen LogP contribution >= 0.6 is 0 Å². The van der Waals surface area contributed by atoms with Crippen molar-refractivity contribution in [1.82, 2.24) is 10.2 Å². The third-order valence-corrected chi connectivity index (χ3v) is 4.58. The van der Waals surface area contributed by atoms with Gasteiger partial charge < -0.3 is 14.6 Å². The molecule has 2 amide bonds. The Balaban J connectivity index is 1.71. The summed E-state index contributed by atoms with van der Waals surface area (Å²) in [6.07, 6.45) is 4.75. The van der Waals surface area contributed by atoms with E-state index in [0.29, 0.717) is 5.56 Å². The lowest BCUT2D eigenvalue weighted by molar-refractivity contribution is -0.133. The average Bonchev–Trinajstić information content (AvgIpc) is 3.26. The standard InChI is InChI=1S/C19H22N2O3/c1-13-6-3-4-7-16(13)17-8-5-10-21(17)19(23)14(2)20-18(22)15-9-11-24-12-15/h3-4,6-7,9,11-12,14,17H,5,8,10H2,1-2H3,(H,20,22)/t14-,17+/m1/s1. The van der Waals surface area contributed by atoms with E-state index in [1.165, 1.54) is 23.7 Å². The van der Waals surface area contributed by atoms with Crippen molar-refractivity contribution in [1.29, 1.82) is 0 Å². The number of benzene rings is 1. The quantitative estimate of drug-likeness (QED) is 0.939. The minimum atomic E-state index is -0.572. The molecule has 3 rings (SSSR count). The van der Waals surface area contributed by atoms with Crippen LogP contribution in [0.5, 0.6) is 0 Å². The molecule has 1 aliphatic heterocycles. The fraction of sp³-hybridized carbons (Fsp3) is 0.368. The predicted molar refractivity (Wildman–Crippen MR) is 90.5 cm³/mol. The second-order valence-corrected chi connectivity index (χ2v) is 6.25. The zero-order valence-corrected chi connectivity index (χ0v) is 14.0. The molecular weight excluding hydrogens is 304 g/mol. The van der Waals surface area contributed by atoms with Gasteiger partial charge in [0.25, 0.3) is 5.91 Å². The number of furan rings is 1. The normalized spacial score (nSPS) is 18.4. The highest BCUT2D eigenvalue weighted by molar-refractivity contribution is 5.97. The minimum absolute atomic E-state index is 0.0439. The molecule has 1 N–H and O–H groups in total. The van der Waals surface area contributed by atoms with E-state index in [4.69, 9.17) is 4.42 Å². The maximum Gasteiger partial charge on any atom is 0.255 e. The highest BCUT2D eigenvalue weighted by Gasteiger charge is 2.33. The van der Waals surface area contributed by atoms with Crippen LogP contribution in [0, 0.1) is 6.92 Å². The number of nitrogens with zero attached hydrogens (tertiary/aromatic N) is 1. The molecule has 5 nitrogen and oxygen atoms in total. The van der Waals surface area contributed by atoms with Crippen LogP contribution in [0.4, 0.5) is 0 Å². The van der Waals surface area contributed by atoms with E-state index >= 15 is 0 Å². The van der Waals surface area contributed by atoms with E-state index in [1.807, 2.05) is 17.0 Å². The smallest absolute Gasteiger partial charge is 0.255 e. The number of likely N-dealkylation sites (tertiary alicyclic amines) is 1. The fourth-order valence-corrected chi connectivity index (χ4v) is 3.30. The molecule has 2 aromatic rings. The summed E-state index contributed by atoms with van der Waals surface area (Å²) >= 11 is 0. The molecule has 1 aliphatic rings. The highest BCUT2D eigenvalue weighted by Crippen LogP contribution is 2.33. The van der Waals surface area contributed by atoms with Gasteiger partial charge in [0.1, 0.15) is 12.3 Å². The Morgan fingerprint density at radius 1 is 1.29 bits per heavy atom. The number of aryl methyl sites for hydroxylation is 1. The molecule has 1 saturated heterocycles. The van der Waals surface area contributed by atoms with Gasteiger partial charge >= 0.3 is 0 Å². The van der Waals surface area contributed by atoms with Crippen LogP contribution in [0.2, 0.25) is 0 Å². The molecule has 1 fully saturated rings. The summed E-state index contributed by atoms with van der Waals surface area (Å²) in [5.74, 6) is -0.339. The molecular formula is C19H22N2O3. The van der Waals surface area contributed by atoms with Gasteiger partial charge in [-0.1, -0.05) is 24.3 Å². The Hall–Kier alpha value is -2.56. The van der Waals surface area contributed by atoms with Crippen molar-refractivity contribution in [3.05, 3.63) is 59.5 Å². The van der Waals surface area contributed by atoms with Crippen LogP contribution < -0.4 is 5.32 Å². The SMILES string of the molecule is Cc1ccccc1[C@@H]1CCCN1C(=O)[C@@H](C)NC(=O)c1ccoc1. The summed E-state index contributed by atoms with van der Waals surface area (Å²) in [7, 11) is 0. The molecule has 5 heteroatoms. The van der Waals surface area contributed by atoms with Crippen LogP contribution in [0.3, 0.4) is 0 Å². The van der Waals surface area contributed by atoms with Crippen molar-refractivity contribution < 1.29 is 14.0 Å². The first-order valence-electron chi connectivity index (χ1n) is 8.27. The fourth-order valence-electron chi connectivity index (χ4n) is 3.30. The lowest BCUT2D eigenvalue weighted by atomic mass is 9.99. The molecule has 0 aliphatic carbocycles. The Labute approximate surface area is 141 Å². The monoisotopic (exact) mass is 326 g/mol. The van der Waals surface area contributed by atoms with E-state index in [0.717, 1.165) is 19.4 Å². The van der Waals surface area contributed by atoms with Crippen LogP contribution in [0.15, 0.2) is 47.3 Å². The van der Waals surface area contributed by atoms with Gasteiger partial charge in [-0.2, -0.15) is 0 Å². The van der Waals surface area contributed by atoms with Crippen molar-refractivity contribution in [3.8, 4) is 0 Å². The van der Waals surface area contributed by atoms with E-state index in [9.17, 15) is 9.59 Å². The zero-order valence-electron chi connectivity index (χ0n) is 14.0. The number of carbonyl (C=O) groups is 2. The number of rotatable bonds is 4. The van der Waals surface area contributed by atoms with Crippen LogP contribution in [-0.4, -0.2) is 29.3 Å². The molecule has 0 bridgehead atoms. The Bertz CT molecular complexity index is 724. The van der Waals surface area contributed by atoms with Crippen LogP contribution in [0.25, 0.3) is 0 Å². The number of hydrogen-bond donors (Lipinski definition) is 1. The number of amides is 2. The number of carbonyl (C=O) groups excluding carboxylic acids is 2. The van der Waals surface area contributed by atoms with Gasteiger partial charge in [0, 0.05) is 6.54 Å². The van der Waals surface area contributed by atoms with Crippen LogP contribution in [0.1, 0.15) is 47.3 Å². The van der Waals surface area contributed by atoms with Gasteiger partial charge in [0.2, 0.25) is 5.91 Å². The van der Waals surface area contributed by atoms with Crippen molar-refractivity contribution in [2.75, 3.05) is 6.54 Å². The summed E-state index contributed by atoms with van der Waals surface area (Å²) in [5, 5.41) is 2.76. The molecule has 0 spiro atoms. The maximum atomic E-state index is 12.8. The van der Waals surface area contributed by atoms with Gasteiger partial charge in [0.15, 0.2) is 0 Å². The summed E-state index contributed by atoms with van der Waals surface area (Å²) in [6.45, 7) is 4.53. The van der Waals surface area contributed by atoms with E-state index < -0.39 is 6.04 Å². The molecule has 126 valence electrons. The summed E-state index contributed by atoms with van der Waals surface area (Å²) in [6, 6.07) is 9.27. The van der Waals surface area contributed by atoms with Crippen LogP contribution in [-0.2, 0) is 4.79 Å². The van der Waals surface area contributed by atoms with E-state index in [2.05, 4.69) is 24.4 Å². The summed E-state index contributed by atoms with van der Waals surface area (Å²) in [4.78, 5) is 26.8. The third kappa shape index (κ3) is 3.20. The molecule has 2 atom stereocenters. The molecule has 0 saturated carbocycles. The molecule has 0 radical (unpaired) electrons. The van der Waals surface area contributed by atoms with Gasteiger partial charge in [-0.25, -0.2) is 0 Å². The molecule has 0 unspecified atom stereocenters. The predicted octanol–water partition coefficient (Wildman–Crippen LogP) is 3.07. The molecule has 2 heterocycles. The maximum absolute atomic E-state index is 12.8. The minimum Gasteiger partial charge on any atom is -0.472 e. The number of hydrogen-bond acceptors (Lipinski definition) is 3. The Kier molecular flexibility index (Phi) is 4.69. The molecule has 24 heavy (non-hydrogen) atoms. The molecule has 1 aromatic carbocycles. The van der Waals surface area contributed by atoms with Crippen molar-refractivity contribution in [2.45, 2.75) is 38.8 Å². The number of nitrogens with one attached hydrogen (secondary N) is 1. The lowest BCUT2D eigenvalue weighted by Gasteiger charge is -2.29. The van der Waals surface area contributed by atoms with E-state index in [1.54, 1.807) is 13.0 Å². The average molecular weight is 326 g/mol. The first kappa shape index (κ1) is 16.3. The Morgan fingerprint density at radius 3 is 2.79 bits per heavy atom. The van der Waals surface area contributed by atoms with E-state index in [-0.39, 0.29) is 17.9 Å². The highest BCUT2D eigenvalue weighted by atomic mass is 16.3. The van der Waals surface area contributed by atoms with Gasteiger partial charge in [-0.3, -0.25) is 9.59 Å².